The molecule has 0 radical (unpaired) electrons. The Kier molecular flexibility index (Phi) is 5.83. The van der Waals surface area contributed by atoms with Gasteiger partial charge in [-0.3, -0.25) is 0 Å². The van der Waals surface area contributed by atoms with E-state index in [1.807, 2.05) is 6.92 Å². The predicted molar refractivity (Wildman–Crippen MR) is 79.8 cm³/mol. The van der Waals surface area contributed by atoms with Crippen molar-refractivity contribution in [3.63, 3.8) is 0 Å². The summed E-state index contributed by atoms with van der Waals surface area (Å²) in [4.78, 5) is 12.4. The second-order valence-corrected chi connectivity index (χ2v) is 5.33. The summed E-state index contributed by atoms with van der Waals surface area (Å²) in [6.45, 7) is 2.63. The minimum absolute atomic E-state index is 0.208. The molecule has 2 rings (SSSR count). The van der Waals surface area contributed by atoms with E-state index in [1.165, 1.54) is 32.1 Å². The number of ether oxygens (including phenoxy) is 1. The van der Waals surface area contributed by atoms with Crippen molar-refractivity contribution in [1.29, 1.82) is 0 Å². The third-order valence-electron chi connectivity index (χ3n) is 3.51. The number of rotatable bonds is 5. The van der Waals surface area contributed by atoms with Gasteiger partial charge in [0.05, 0.1) is 6.61 Å². The van der Waals surface area contributed by atoms with E-state index >= 15 is 0 Å². The van der Waals surface area contributed by atoms with Gasteiger partial charge in [-0.15, -0.1) is 0 Å². The van der Waals surface area contributed by atoms with Gasteiger partial charge in [-0.1, -0.05) is 39.0 Å². The van der Waals surface area contributed by atoms with Crippen molar-refractivity contribution in [3.8, 4) is 6.01 Å². The summed E-state index contributed by atoms with van der Waals surface area (Å²) in [5.41, 5.74) is 5.71. The second-order valence-electron chi connectivity index (χ2n) is 5.33. The maximum Gasteiger partial charge on any atom is 0.323 e. The first-order valence-electron chi connectivity index (χ1n) is 7.69. The summed E-state index contributed by atoms with van der Waals surface area (Å²) in [5.74, 6) is 0.744. The zero-order valence-corrected chi connectivity index (χ0v) is 12.3. The Morgan fingerprint density at radius 2 is 1.80 bits per heavy atom. The standard InChI is InChI=1S/C14H25N5O/c1-2-10-20-14-18-12(15)17-13(19-14)16-11-8-6-4-3-5-7-9-11/h11H,2-10H2,1H3,(H3,15,16,17,18,19). The van der Waals surface area contributed by atoms with E-state index in [9.17, 15) is 0 Å². The monoisotopic (exact) mass is 279 g/mol. The highest BCUT2D eigenvalue weighted by Crippen LogP contribution is 2.20. The number of anilines is 2. The fourth-order valence-corrected chi connectivity index (χ4v) is 2.48. The largest absolute Gasteiger partial charge is 0.463 e. The number of hydrogen-bond acceptors (Lipinski definition) is 6. The molecule has 1 aliphatic rings. The second kappa shape index (κ2) is 7.87. The summed E-state index contributed by atoms with van der Waals surface area (Å²) in [6, 6.07) is 0.740. The number of aromatic nitrogens is 3. The van der Waals surface area contributed by atoms with Crippen molar-refractivity contribution >= 4 is 11.9 Å². The highest BCUT2D eigenvalue weighted by atomic mass is 16.5. The lowest BCUT2D eigenvalue weighted by molar-refractivity contribution is 0.292. The first kappa shape index (κ1) is 14.8. The van der Waals surface area contributed by atoms with Crippen molar-refractivity contribution in [2.45, 2.75) is 64.3 Å². The molecule has 1 heterocycles. The molecule has 0 amide bonds. The van der Waals surface area contributed by atoms with Crippen LogP contribution in [0.15, 0.2) is 0 Å². The average Bonchev–Trinajstić information content (AvgIpc) is 2.39. The van der Waals surface area contributed by atoms with Crippen LogP contribution in [0.3, 0.4) is 0 Å². The van der Waals surface area contributed by atoms with Crippen LogP contribution < -0.4 is 15.8 Å². The smallest absolute Gasteiger partial charge is 0.323 e. The van der Waals surface area contributed by atoms with Crippen LogP contribution in [0.5, 0.6) is 6.01 Å². The first-order valence-corrected chi connectivity index (χ1v) is 7.69. The normalized spacial score (nSPS) is 17.2. The van der Waals surface area contributed by atoms with Crippen molar-refractivity contribution in [2.24, 2.45) is 0 Å². The van der Waals surface area contributed by atoms with Crippen LogP contribution in [0, 0.1) is 0 Å². The van der Waals surface area contributed by atoms with E-state index in [2.05, 4.69) is 20.3 Å². The molecule has 0 bridgehead atoms. The Morgan fingerprint density at radius 3 is 2.50 bits per heavy atom. The summed E-state index contributed by atoms with van der Waals surface area (Å²) in [7, 11) is 0. The van der Waals surface area contributed by atoms with Gasteiger partial charge in [0.2, 0.25) is 11.9 Å². The van der Waals surface area contributed by atoms with Crippen LogP contribution in [-0.4, -0.2) is 27.6 Å². The number of nitrogens with zero attached hydrogens (tertiary/aromatic N) is 3. The van der Waals surface area contributed by atoms with Gasteiger partial charge in [-0.25, -0.2) is 0 Å². The molecule has 1 aromatic rings. The van der Waals surface area contributed by atoms with Crippen LogP contribution in [0.2, 0.25) is 0 Å². The Bertz CT molecular complexity index is 405. The van der Waals surface area contributed by atoms with Crippen LogP contribution >= 0.6 is 0 Å². The van der Waals surface area contributed by atoms with Crippen LogP contribution in [-0.2, 0) is 0 Å². The summed E-state index contributed by atoms with van der Waals surface area (Å²) in [5, 5.41) is 3.38. The topological polar surface area (TPSA) is 86.0 Å². The fourth-order valence-electron chi connectivity index (χ4n) is 2.48. The highest BCUT2D eigenvalue weighted by molar-refractivity contribution is 5.33. The fraction of sp³-hybridized carbons (Fsp3) is 0.786. The number of nitrogen functional groups attached to an aromatic ring is 1. The van der Waals surface area contributed by atoms with Gasteiger partial charge in [0, 0.05) is 6.04 Å². The maximum atomic E-state index is 5.71. The summed E-state index contributed by atoms with van der Waals surface area (Å²) < 4.78 is 5.43. The third-order valence-corrected chi connectivity index (χ3v) is 3.51. The van der Waals surface area contributed by atoms with E-state index in [1.54, 1.807) is 0 Å². The molecule has 0 aliphatic heterocycles. The van der Waals surface area contributed by atoms with E-state index in [0.29, 0.717) is 24.6 Å². The zero-order chi connectivity index (χ0) is 14.2. The lowest BCUT2D eigenvalue weighted by atomic mass is 9.97. The zero-order valence-electron chi connectivity index (χ0n) is 12.3. The molecule has 0 unspecified atom stereocenters. The molecule has 0 spiro atoms. The van der Waals surface area contributed by atoms with Gasteiger partial charge < -0.3 is 15.8 Å². The quantitative estimate of drug-likeness (QED) is 0.862. The van der Waals surface area contributed by atoms with E-state index < -0.39 is 0 Å². The van der Waals surface area contributed by atoms with Gasteiger partial charge in [0.1, 0.15) is 0 Å². The first-order chi connectivity index (χ1) is 9.78. The van der Waals surface area contributed by atoms with E-state index in [0.717, 1.165) is 19.3 Å². The lowest BCUT2D eigenvalue weighted by Gasteiger charge is -2.21. The van der Waals surface area contributed by atoms with Crippen LogP contribution in [0.25, 0.3) is 0 Å². The Hall–Kier alpha value is -1.59. The molecule has 6 heteroatoms. The SMILES string of the molecule is CCCOc1nc(N)nc(NC2CCCCCCC2)n1. The number of nitrogens with two attached hydrogens (primary N) is 1. The molecule has 0 aromatic carbocycles. The Morgan fingerprint density at radius 1 is 1.10 bits per heavy atom. The molecule has 1 aliphatic carbocycles. The molecule has 0 saturated heterocycles. The molecule has 1 saturated carbocycles. The molecular formula is C14H25N5O. The van der Waals surface area contributed by atoms with E-state index in [4.69, 9.17) is 10.5 Å². The number of nitrogens with one attached hydrogen (secondary N) is 1. The Labute approximate surface area is 120 Å². The molecule has 0 atom stereocenters. The van der Waals surface area contributed by atoms with Crippen LogP contribution in [0.4, 0.5) is 11.9 Å². The van der Waals surface area contributed by atoms with Gasteiger partial charge in [0.25, 0.3) is 0 Å². The van der Waals surface area contributed by atoms with Crippen molar-refractivity contribution in [2.75, 3.05) is 17.7 Å². The minimum atomic E-state index is 0.208. The lowest BCUT2D eigenvalue weighted by Crippen LogP contribution is -2.22. The van der Waals surface area contributed by atoms with Gasteiger partial charge in [-0.05, 0) is 19.3 Å². The molecular weight excluding hydrogens is 254 g/mol. The van der Waals surface area contributed by atoms with Crippen LogP contribution in [0.1, 0.15) is 58.3 Å². The maximum absolute atomic E-state index is 5.71. The summed E-state index contributed by atoms with van der Waals surface area (Å²) >= 11 is 0. The van der Waals surface area contributed by atoms with Gasteiger partial charge in [0.15, 0.2) is 0 Å². The van der Waals surface area contributed by atoms with Crippen molar-refractivity contribution in [1.82, 2.24) is 15.0 Å². The molecule has 3 N–H and O–H groups in total. The molecule has 112 valence electrons. The highest BCUT2D eigenvalue weighted by Gasteiger charge is 2.13. The molecule has 6 nitrogen and oxygen atoms in total. The number of hydrogen-bond donors (Lipinski definition) is 2. The summed E-state index contributed by atoms with van der Waals surface area (Å²) in [6.07, 6.45) is 9.77. The van der Waals surface area contributed by atoms with E-state index in [-0.39, 0.29) is 5.95 Å². The van der Waals surface area contributed by atoms with Gasteiger partial charge in [-0.2, -0.15) is 15.0 Å². The molecule has 1 aromatic heterocycles. The third kappa shape index (κ3) is 4.83. The minimum Gasteiger partial charge on any atom is -0.463 e. The average molecular weight is 279 g/mol. The predicted octanol–water partition coefficient (Wildman–Crippen LogP) is 2.77. The van der Waals surface area contributed by atoms with Crippen molar-refractivity contribution in [3.05, 3.63) is 0 Å². The molecule has 20 heavy (non-hydrogen) atoms. The van der Waals surface area contributed by atoms with Crippen molar-refractivity contribution < 1.29 is 4.74 Å². The van der Waals surface area contributed by atoms with Gasteiger partial charge >= 0.3 is 6.01 Å². The molecule has 1 fully saturated rings. The Balaban J connectivity index is 1.97.